The second-order valence-electron chi connectivity index (χ2n) is 3.38. The van der Waals surface area contributed by atoms with Crippen LogP contribution in [0.3, 0.4) is 0 Å². The van der Waals surface area contributed by atoms with Crippen LogP contribution in [0, 0.1) is 11.3 Å². The molecule has 0 amide bonds. The number of hydrogen-bond acceptors (Lipinski definition) is 3. The molecule has 80 valence electrons. The smallest absolute Gasteiger partial charge is 0.174 e. The fraction of sp³-hybridized carbons (Fsp3) is 0.364. The van der Waals surface area contributed by atoms with Gasteiger partial charge in [0.1, 0.15) is 11.8 Å². The van der Waals surface area contributed by atoms with Gasteiger partial charge in [-0.1, -0.05) is 11.6 Å². The van der Waals surface area contributed by atoms with Gasteiger partial charge < -0.3 is 10.5 Å². The van der Waals surface area contributed by atoms with Gasteiger partial charge in [0.05, 0.1) is 0 Å². The maximum Gasteiger partial charge on any atom is 0.174 e. The van der Waals surface area contributed by atoms with E-state index in [-0.39, 0.29) is 12.6 Å². The van der Waals surface area contributed by atoms with Crippen molar-refractivity contribution in [3.05, 3.63) is 28.8 Å². The Morgan fingerprint density at radius 3 is 2.93 bits per heavy atom. The number of nitrogens with zero attached hydrogens (tertiary/aromatic N) is 1. The molecular formula is C11H13ClN2O. The van der Waals surface area contributed by atoms with Crippen molar-refractivity contribution in [3.8, 4) is 11.8 Å². The van der Waals surface area contributed by atoms with Crippen molar-refractivity contribution in [2.75, 3.05) is 6.61 Å². The minimum Gasteiger partial charge on any atom is -0.478 e. The first-order valence-electron chi connectivity index (χ1n) is 4.67. The largest absolute Gasteiger partial charge is 0.478 e. The Kier molecular flexibility index (Phi) is 4.41. The van der Waals surface area contributed by atoms with Crippen LogP contribution in [0.1, 0.15) is 12.5 Å². The second-order valence-corrected chi connectivity index (χ2v) is 3.82. The molecule has 0 radical (unpaired) electrons. The number of nitriles is 1. The Hall–Kier alpha value is -1.24. The summed E-state index contributed by atoms with van der Waals surface area (Å²) in [5.74, 6) is 0.679. The van der Waals surface area contributed by atoms with Crippen LogP contribution in [-0.4, -0.2) is 12.6 Å². The van der Waals surface area contributed by atoms with Gasteiger partial charge in [-0.2, -0.15) is 5.26 Å². The zero-order valence-electron chi connectivity index (χ0n) is 8.53. The van der Waals surface area contributed by atoms with E-state index in [9.17, 15) is 0 Å². The van der Waals surface area contributed by atoms with E-state index < -0.39 is 0 Å². The van der Waals surface area contributed by atoms with Gasteiger partial charge in [0.15, 0.2) is 6.61 Å². The third-order valence-electron chi connectivity index (χ3n) is 1.86. The molecule has 2 N–H and O–H groups in total. The highest BCUT2D eigenvalue weighted by molar-refractivity contribution is 6.30. The molecule has 1 unspecified atom stereocenters. The van der Waals surface area contributed by atoms with Crippen molar-refractivity contribution in [2.45, 2.75) is 19.4 Å². The predicted octanol–water partition coefficient (Wildman–Crippen LogP) is 2.13. The predicted molar refractivity (Wildman–Crippen MR) is 59.9 cm³/mol. The molecule has 0 saturated heterocycles. The lowest BCUT2D eigenvalue weighted by Crippen LogP contribution is -2.18. The number of benzene rings is 1. The first-order chi connectivity index (χ1) is 7.13. The van der Waals surface area contributed by atoms with Gasteiger partial charge in [0, 0.05) is 11.1 Å². The SMILES string of the molecule is CC(N)Cc1cc(Cl)ccc1OCC#N. The number of halogens is 1. The highest BCUT2D eigenvalue weighted by Gasteiger charge is 2.06. The molecule has 0 spiro atoms. The third kappa shape index (κ3) is 3.78. The minimum atomic E-state index is 0.0351. The lowest BCUT2D eigenvalue weighted by Gasteiger charge is -2.11. The molecule has 0 aliphatic carbocycles. The molecule has 0 aromatic heterocycles. The van der Waals surface area contributed by atoms with Crippen LogP contribution in [0.15, 0.2) is 18.2 Å². The molecule has 4 heteroatoms. The van der Waals surface area contributed by atoms with Crippen molar-refractivity contribution in [1.29, 1.82) is 5.26 Å². The quantitative estimate of drug-likeness (QED) is 0.853. The average molecular weight is 225 g/mol. The van der Waals surface area contributed by atoms with E-state index in [1.807, 2.05) is 19.1 Å². The van der Waals surface area contributed by atoms with Crippen molar-refractivity contribution in [2.24, 2.45) is 5.73 Å². The van der Waals surface area contributed by atoms with Crippen LogP contribution in [0.4, 0.5) is 0 Å². The number of ether oxygens (including phenoxy) is 1. The molecule has 1 rings (SSSR count). The summed E-state index contributed by atoms with van der Waals surface area (Å²) in [4.78, 5) is 0. The van der Waals surface area contributed by atoms with E-state index in [0.717, 1.165) is 5.56 Å². The fourth-order valence-electron chi connectivity index (χ4n) is 1.31. The van der Waals surface area contributed by atoms with Gasteiger partial charge in [-0.05, 0) is 37.1 Å². The summed E-state index contributed by atoms with van der Waals surface area (Å²) in [5, 5.41) is 9.08. The zero-order chi connectivity index (χ0) is 11.3. The molecule has 0 heterocycles. The Labute approximate surface area is 94.4 Å². The Bertz CT molecular complexity index is 371. The Morgan fingerprint density at radius 2 is 2.33 bits per heavy atom. The van der Waals surface area contributed by atoms with Crippen LogP contribution >= 0.6 is 11.6 Å². The van der Waals surface area contributed by atoms with Gasteiger partial charge in [-0.25, -0.2) is 0 Å². The molecule has 3 nitrogen and oxygen atoms in total. The van der Waals surface area contributed by atoms with Gasteiger partial charge in [0.25, 0.3) is 0 Å². The standard InChI is InChI=1S/C11H13ClN2O/c1-8(14)6-9-7-10(12)2-3-11(9)15-5-4-13/h2-3,7-8H,5-6,14H2,1H3. The molecule has 15 heavy (non-hydrogen) atoms. The molecule has 0 saturated carbocycles. The van der Waals surface area contributed by atoms with E-state index in [1.54, 1.807) is 12.1 Å². The minimum absolute atomic E-state index is 0.0351. The second kappa shape index (κ2) is 5.59. The van der Waals surface area contributed by atoms with E-state index in [4.69, 9.17) is 27.3 Å². The summed E-state index contributed by atoms with van der Waals surface area (Å²) in [6.07, 6.45) is 0.682. The number of nitrogens with two attached hydrogens (primary N) is 1. The van der Waals surface area contributed by atoms with Crippen LogP contribution in [-0.2, 0) is 6.42 Å². The summed E-state index contributed by atoms with van der Waals surface area (Å²) in [6.45, 7) is 1.95. The fourth-order valence-corrected chi connectivity index (χ4v) is 1.50. The van der Waals surface area contributed by atoms with Crippen molar-refractivity contribution < 1.29 is 4.74 Å². The van der Waals surface area contributed by atoms with Gasteiger partial charge in [-0.15, -0.1) is 0 Å². The number of hydrogen-bond donors (Lipinski definition) is 1. The lowest BCUT2D eigenvalue weighted by molar-refractivity contribution is 0.363. The molecule has 1 atom stereocenters. The lowest BCUT2D eigenvalue weighted by atomic mass is 10.1. The summed E-state index contributed by atoms with van der Waals surface area (Å²) in [7, 11) is 0. The first-order valence-corrected chi connectivity index (χ1v) is 5.05. The summed E-state index contributed by atoms with van der Waals surface area (Å²) in [6, 6.07) is 7.27. The van der Waals surface area contributed by atoms with Gasteiger partial charge in [-0.3, -0.25) is 0 Å². The van der Waals surface area contributed by atoms with Crippen molar-refractivity contribution in [1.82, 2.24) is 0 Å². The third-order valence-corrected chi connectivity index (χ3v) is 2.09. The average Bonchev–Trinajstić information content (AvgIpc) is 2.16. The maximum atomic E-state index is 8.43. The highest BCUT2D eigenvalue weighted by Crippen LogP contribution is 2.23. The first kappa shape index (κ1) is 11.8. The van der Waals surface area contributed by atoms with Crippen LogP contribution in [0.2, 0.25) is 5.02 Å². The topological polar surface area (TPSA) is 59.0 Å². The molecule has 1 aromatic carbocycles. The molecular weight excluding hydrogens is 212 g/mol. The van der Waals surface area contributed by atoms with E-state index in [2.05, 4.69) is 0 Å². The molecule has 0 aliphatic rings. The van der Waals surface area contributed by atoms with E-state index >= 15 is 0 Å². The van der Waals surface area contributed by atoms with Crippen LogP contribution < -0.4 is 10.5 Å². The summed E-state index contributed by atoms with van der Waals surface area (Å²) < 4.78 is 5.27. The Balaban J connectivity index is 2.88. The number of rotatable bonds is 4. The van der Waals surface area contributed by atoms with E-state index in [1.165, 1.54) is 0 Å². The van der Waals surface area contributed by atoms with Crippen molar-refractivity contribution in [3.63, 3.8) is 0 Å². The molecule has 0 bridgehead atoms. The van der Waals surface area contributed by atoms with Gasteiger partial charge in [0.2, 0.25) is 0 Å². The van der Waals surface area contributed by atoms with Crippen LogP contribution in [0.25, 0.3) is 0 Å². The van der Waals surface area contributed by atoms with E-state index in [0.29, 0.717) is 17.2 Å². The monoisotopic (exact) mass is 224 g/mol. The summed E-state index contributed by atoms with van der Waals surface area (Å²) >= 11 is 5.87. The molecule has 1 aromatic rings. The zero-order valence-corrected chi connectivity index (χ0v) is 9.29. The van der Waals surface area contributed by atoms with Crippen LogP contribution in [0.5, 0.6) is 5.75 Å². The Morgan fingerprint density at radius 1 is 1.60 bits per heavy atom. The summed E-state index contributed by atoms with van der Waals surface area (Å²) in [5.41, 5.74) is 6.65. The molecule has 0 fully saturated rings. The molecule has 0 aliphatic heterocycles. The highest BCUT2D eigenvalue weighted by atomic mass is 35.5. The van der Waals surface area contributed by atoms with Gasteiger partial charge >= 0.3 is 0 Å². The van der Waals surface area contributed by atoms with Crippen molar-refractivity contribution >= 4 is 11.6 Å². The maximum absolute atomic E-state index is 8.43. The normalized spacial score (nSPS) is 11.9.